The Kier molecular flexibility index (Phi) is 4.79. The molecule has 1 aliphatic carbocycles. The van der Waals surface area contributed by atoms with Crippen LogP contribution in [0.1, 0.15) is 31.4 Å². The summed E-state index contributed by atoms with van der Waals surface area (Å²) in [6, 6.07) is 9.01. The molecule has 2 heteroatoms. The molecule has 2 nitrogen and oxygen atoms in total. The van der Waals surface area contributed by atoms with Crippen LogP contribution < -0.4 is 5.32 Å². The lowest BCUT2D eigenvalue weighted by Crippen LogP contribution is -2.21. The van der Waals surface area contributed by atoms with Gasteiger partial charge in [-0.1, -0.05) is 38.1 Å². The fourth-order valence-electron chi connectivity index (χ4n) is 2.46. The van der Waals surface area contributed by atoms with E-state index in [2.05, 4.69) is 55.4 Å². The Labute approximate surface area is 111 Å². The summed E-state index contributed by atoms with van der Waals surface area (Å²) in [5.41, 5.74) is 2.80. The van der Waals surface area contributed by atoms with Gasteiger partial charge in [0.15, 0.2) is 0 Å². The minimum Gasteiger partial charge on any atom is -0.313 e. The highest BCUT2D eigenvalue weighted by Gasteiger charge is 2.32. The van der Waals surface area contributed by atoms with Crippen molar-refractivity contribution in [3.63, 3.8) is 0 Å². The van der Waals surface area contributed by atoms with Crippen LogP contribution in [0.15, 0.2) is 24.3 Å². The summed E-state index contributed by atoms with van der Waals surface area (Å²) in [7, 11) is 2.23. The van der Waals surface area contributed by atoms with E-state index in [4.69, 9.17) is 0 Å². The molecule has 2 rings (SSSR count). The van der Waals surface area contributed by atoms with Gasteiger partial charge in [-0.25, -0.2) is 0 Å². The summed E-state index contributed by atoms with van der Waals surface area (Å²) in [5, 5.41) is 3.35. The maximum atomic E-state index is 3.35. The molecule has 0 spiro atoms. The van der Waals surface area contributed by atoms with Gasteiger partial charge in [-0.3, -0.25) is 0 Å². The van der Waals surface area contributed by atoms with Crippen molar-refractivity contribution in [2.75, 3.05) is 20.1 Å². The Balaban J connectivity index is 1.78. The van der Waals surface area contributed by atoms with Gasteiger partial charge < -0.3 is 10.2 Å². The molecule has 0 bridgehead atoms. The zero-order valence-electron chi connectivity index (χ0n) is 11.9. The third-order valence-corrected chi connectivity index (χ3v) is 3.88. The smallest absolute Gasteiger partial charge is 0.0230 e. The first-order valence-electron chi connectivity index (χ1n) is 7.16. The van der Waals surface area contributed by atoms with Gasteiger partial charge >= 0.3 is 0 Å². The Morgan fingerprint density at radius 1 is 1.22 bits per heavy atom. The van der Waals surface area contributed by atoms with Gasteiger partial charge in [0.2, 0.25) is 0 Å². The van der Waals surface area contributed by atoms with E-state index in [-0.39, 0.29) is 0 Å². The molecule has 1 aliphatic rings. The van der Waals surface area contributed by atoms with E-state index in [9.17, 15) is 0 Å². The van der Waals surface area contributed by atoms with Gasteiger partial charge in [-0.05, 0) is 43.0 Å². The largest absolute Gasteiger partial charge is 0.313 e. The third-order valence-electron chi connectivity index (χ3n) is 3.88. The molecule has 0 aliphatic heterocycles. The van der Waals surface area contributed by atoms with Crippen LogP contribution in [-0.2, 0) is 13.1 Å². The monoisotopic (exact) mass is 246 g/mol. The van der Waals surface area contributed by atoms with Crippen molar-refractivity contribution in [1.29, 1.82) is 0 Å². The number of nitrogens with zero attached hydrogens (tertiary/aromatic N) is 1. The summed E-state index contributed by atoms with van der Waals surface area (Å²) in [6.07, 6.45) is 1.42. The molecule has 1 fully saturated rings. The van der Waals surface area contributed by atoms with E-state index >= 15 is 0 Å². The van der Waals surface area contributed by atoms with Crippen molar-refractivity contribution in [3.8, 4) is 0 Å². The second kappa shape index (κ2) is 6.35. The number of hydrogen-bond donors (Lipinski definition) is 1. The molecule has 1 saturated carbocycles. The fraction of sp³-hybridized carbons (Fsp3) is 0.625. The molecular weight excluding hydrogens is 220 g/mol. The number of rotatable bonds is 7. The van der Waals surface area contributed by atoms with Crippen molar-refractivity contribution in [1.82, 2.24) is 10.2 Å². The lowest BCUT2D eigenvalue weighted by molar-refractivity contribution is 0.307. The summed E-state index contributed by atoms with van der Waals surface area (Å²) in [6.45, 7) is 8.83. The van der Waals surface area contributed by atoms with E-state index in [1.54, 1.807) is 0 Å². The molecule has 100 valence electrons. The van der Waals surface area contributed by atoms with Gasteiger partial charge in [-0.15, -0.1) is 0 Å². The molecule has 0 amide bonds. The average Bonchev–Trinajstić information content (AvgIpc) is 3.04. The predicted molar refractivity (Wildman–Crippen MR) is 77.4 cm³/mol. The number of hydrogen-bond acceptors (Lipinski definition) is 2. The molecule has 1 aromatic rings. The van der Waals surface area contributed by atoms with Crippen LogP contribution in [-0.4, -0.2) is 25.0 Å². The van der Waals surface area contributed by atoms with Crippen molar-refractivity contribution in [2.24, 2.45) is 11.8 Å². The molecule has 2 atom stereocenters. The van der Waals surface area contributed by atoms with Gasteiger partial charge in [0, 0.05) is 19.6 Å². The minimum atomic E-state index is 0.947. The van der Waals surface area contributed by atoms with Crippen molar-refractivity contribution < 1.29 is 0 Å². The second-order valence-electron chi connectivity index (χ2n) is 5.77. The van der Waals surface area contributed by atoms with Gasteiger partial charge in [0.25, 0.3) is 0 Å². The minimum absolute atomic E-state index is 0.947. The summed E-state index contributed by atoms with van der Waals surface area (Å²) < 4.78 is 0. The molecule has 0 radical (unpaired) electrons. The van der Waals surface area contributed by atoms with Gasteiger partial charge in [0.05, 0.1) is 0 Å². The van der Waals surface area contributed by atoms with E-state index < -0.39 is 0 Å². The molecule has 1 aromatic carbocycles. The van der Waals surface area contributed by atoms with Crippen LogP contribution in [0.2, 0.25) is 0 Å². The second-order valence-corrected chi connectivity index (χ2v) is 5.77. The SMILES string of the molecule is CCNCc1ccc(CN(C)CC2CC2C)cc1. The van der Waals surface area contributed by atoms with Crippen LogP contribution in [0.25, 0.3) is 0 Å². The lowest BCUT2D eigenvalue weighted by atomic mass is 10.1. The van der Waals surface area contributed by atoms with Crippen LogP contribution >= 0.6 is 0 Å². The molecule has 2 unspecified atom stereocenters. The Hall–Kier alpha value is -0.860. The maximum Gasteiger partial charge on any atom is 0.0230 e. The normalized spacial score (nSPS) is 22.4. The van der Waals surface area contributed by atoms with E-state index in [1.807, 2.05) is 0 Å². The fourth-order valence-corrected chi connectivity index (χ4v) is 2.46. The lowest BCUT2D eigenvalue weighted by Gasteiger charge is -2.16. The summed E-state index contributed by atoms with van der Waals surface area (Å²) in [4.78, 5) is 2.45. The zero-order chi connectivity index (χ0) is 13.0. The van der Waals surface area contributed by atoms with Crippen molar-refractivity contribution in [3.05, 3.63) is 35.4 Å². The van der Waals surface area contributed by atoms with Crippen molar-refractivity contribution in [2.45, 2.75) is 33.4 Å². The summed E-state index contributed by atoms with van der Waals surface area (Å²) in [5.74, 6) is 1.90. The first-order chi connectivity index (χ1) is 8.69. The quantitative estimate of drug-likeness (QED) is 0.796. The molecular formula is C16H26N2. The van der Waals surface area contributed by atoms with Crippen LogP contribution in [0.5, 0.6) is 0 Å². The molecule has 18 heavy (non-hydrogen) atoms. The number of nitrogens with one attached hydrogen (secondary N) is 1. The summed E-state index contributed by atoms with van der Waals surface area (Å²) >= 11 is 0. The van der Waals surface area contributed by atoms with E-state index in [0.717, 1.165) is 31.5 Å². The Bertz CT molecular complexity index is 358. The molecule has 0 saturated heterocycles. The zero-order valence-corrected chi connectivity index (χ0v) is 11.9. The Morgan fingerprint density at radius 3 is 2.39 bits per heavy atom. The highest BCUT2D eigenvalue weighted by Crippen LogP contribution is 2.38. The standard InChI is InChI=1S/C16H26N2/c1-4-17-10-14-5-7-15(8-6-14)11-18(3)12-16-9-13(16)2/h5-8,13,16-17H,4,9-12H2,1-3H3. The van der Waals surface area contributed by atoms with Crippen molar-refractivity contribution >= 4 is 0 Å². The van der Waals surface area contributed by atoms with Gasteiger partial charge in [0.1, 0.15) is 0 Å². The molecule has 0 aromatic heterocycles. The van der Waals surface area contributed by atoms with E-state index in [0.29, 0.717) is 0 Å². The molecule has 0 heterocycles. The van der Waals surface area contributed by atoms with E-state index in [1.165, 1.54) is 24.1 Å². The molecule has 1 N–H and O–H groups in total. The highest BCUT2D eigenvalue weighted by molar-refractivity contribution is 5.22. The van der Waals surface area contributed by atoms with Crippen LogP contribution in [0, 0.1) is 11.8 Å². The third kappa shape index (κ3) is 4.11. The first kappa shape index (κ1) is 13.6. The van der Waals surface area contributed by atoms with Crippen LogP contribution in [0.3, 0.4) is 0 Å². The highest BCUT2D eigenvalue weighted by atomic mass is 15.1. The topological polar surface area (TPSA) is 15.3 Å². The maximum absolute atomic E-state index is 3.35. The van der Waals surface area contributed by atoms with Crippen LogP contribution in [0.4, 0.5) is 0 Å². The Morgan fingerprint density at radius 2 is 1.83 bits per heavy atom. The predicted octanol–water partition coefficient (Wildman–Crippen LogP) is 2.88. The average molecular weight is 246 g/mol. The van der Waals surface area contributed by atoms with Gasteiger partial charge in [-0.2, -0.15) is 0 Å². The first-order valence-corrected chi connectivity index (χ1v) is 7.16. The number of benzene rings is 1.